The van der Waals surface area contributed by atoms with E-state index in [1.54, 1.807) is 0 Å². The summed E-state index contributed by atoms with van der Waals surface area (Å²) in [4.78, 5) is 36.9. The first-order valence-corrected chi connectivity index (χ1v) is 22.0. The third-order valence-electron chi connectivity index (χ3n) is 9.34. The van der Waals surface area contributed by atoms with E-state index in [1.807, 2.05) is 21.1 Å². The Hall–Kier alpha value is -3.23. The molecule has 0 bridgehead atoms. The number of nitrogens with zero attached hydrogens (tertiary/aromatic N) is 1. The SMILES string of the molecule is CC/C=C/C/C=C/C/C=C/C/C=C/C/C=C/CCCCCCC(=O)OCC(COCCC(C(=O)O)[N+](C)(C)C)OC(=O)CCCCCCC/C=C/CCCCC. The fourth-order valence-corrected chi connectivity index (χ4v) is 5.93. The van der Waals surface area contributed by atoms with Crippen molar-refractivity contribution in [2.24, 2.45) is 0 Å². The largest absolute Gasteiger partial charge is 0.477 e. The van der Waals surface area contributed by atoms with E-state index in [2.05, 4.69) is 86.8 Å². The van der Waals surface area contributed by atoms with E-state index in [0.29, 0.717) is 19.3 Å². The molecule has 0 aliphatic carbocycles. The monoisotopic (exact) mass is 785 g/mol. The van der Waals surface area contributed by atoms with Crippen LogP contribution in [0.1, 0.15) is 162 Å². The zero-order chi connectivity index (χ0) is 41.4. The van der Waals surface area contributed by atoms with Gasteiger partial charge in [0, 0.05) is 19.3 Å². The summed E-state index contributed by atoms with van der Waals surface area (Å²) in [5.41, 5.74) is 0. The summed E-state index contributed by atoms with van der Waals surface area (Å²) in [6.07, 6.45) is 48.0. The highest BCUT2D eigenvalue weighted by Gasteiger charge is 2.31. The first kappa shape index (κ1) is 52.8. The zero-order valence-electron chi connectivity index (χ0n) is 36.3. The van der Waals surface area contributed by atoms with Gasteiger partial charge in [-0.15, -0.1) is 0 Å². The molecule has 1 N–H and O–H groups in total. The van der Waals surface area contributed by atoms with Crippen LogP contribution >= 0.6 is 0 Å². The molecule has 8 nitrogen and oxygen atoms in total. The molecule has 8 heteroatoms. The minimum absolute atomic E-state index is 0.0459. The second-order valence-corrected chi connectivity index (χ2v) is 15.6. The second kappa shape index (κ2) is 38.6. The van der Waals surface area contributed by atoms with Gasteiger partial charge in [-0.05, 0) is 83.5 Å². The van der Waals surface area contributed by atoms with E-state index in [0.717, 1.165) is 96.3 Å². The van der Waals surface area contributed by atoms with Gasteiger partial charge in [-0.25, -0.2) is 4.79 Å². The van der Waals surface area contributed by atoms with Gasteiger partial charge in [0.15, 0.2) is 12.1 Å². The van der Waals surface area contributed by atoms with Gasteiger partial charge in [0.25, 0.3) is 0 Å². The number of quaternary nitrogens is 1. The molecule has 0 saturated carbocycles. The molecule has 0 aromatic rings. The Morgan fingerprint density at radius 2 is 1.00 bits per heavy atom. The molecular weight excluding hydrogens is 703 g/mol. The number of rotatable bonds is 38. The molecule has 2 unspecified atom stereocenters. The Balaban J connectivity index is 4.39. The van der Waals surface area contributed by atoms with Gasteiger partial charge >= 0.3 is 17.9 Å². The molecule has 56 heavy (non-hydrogen) atoms. The Morgan fingerprint density at radius 3 is 1.50 bits per heavy atom. The summed E-state index contributed by atoms with van der Waals surface area (Å²) < 4.78 is 17.2. The molecule has 0 aromatic carbocycles. The average molecular weight is 785 g/mol. The number of hydrogen-bond donors (Lipinski definition) is 1. The lowest BCUT2D eigenvalue weighted by atomic mass is 10.1. The van der Waals surface area contributed by atoms with Gasteiger partial charge in [-0.1, -0.05) is 132 Å². The van der Waals surface area contributed by atoms with E-state index in [4.69, 9.17) is 14.2 Å². The van der Waals surface area contributed by atoms with Crippen molar-refractivity contribution < 1.29 is 38.2 Å². The maximum atomic E-state index is 12.7. The van der Waals surface area contributed by atoms with Crippen molar-refractivity contribution in [3.8, 4) is 0 Å². The highest BCUT2D eigenvalue weighted by Crippen LogP contribution is 2.13. The number of unbranched alkanes of at least 4 members (excludes halogenated alkanes) is 12. The number of ether oxygens (including phenoxy) is 3. The van der Waals surface area contributed by atoms with Crippen LogP contribution in [0, 0.1) is 0 Å². The normalized spacial score (nSPS) is 13.7. The van der Waals surface area contributed by atoms with E-state index in [-0.39, 0.29) is 36.2 Å². The standard InChI is InChI=1S/C48H81NO7/c1-6-8-10-12-14-16-18-20-21-22-23-24-25-26-27-29-30-32-34-36-38-46(50)55-43-44(42-54-41-40-45(48(52)53)49(3,4)5)56-47(51)39-37-35-33-31-28-19-17-15-13-11-9-7-2/h8,10,14-17,20-21,23-24,26-27,44-45H,6-7,9,11-13,18-19,22,25,28-43H2,1-5H3/p+1/b10-8+,16-14+,17-15+,21-20+,24-23+,27-26+. The number of carbonyl (C=O) groups excluding carboxylic acids is 2. The minimum Gasteiger partial charge on any atom is -0.477 e. The van der Waals surface area contributed by atoms with Crippen molar-refractivity contribution >= 4 is 17.9 Å². The van der Waals surface area contributed by atoms with Crippen molar-refractivity contribution in [1.29, 1.82) is 0 Å². The molecule has 0 aliphatic rings. The Labute approximate surface area is 342 Å². The molecule has 0 fully saturated rings. The molecular formula is C48H82NO7+. The maximum absolute atomic E-state index is 12.7. The molecule has 0 rings (SSSR count). The lowest BCUT2D eigenvalue weighted by Gasteiger charge is -2.31. The summed E-state index contributed by atoms with van der Waals surface area (Å²) in [5.74, 6) is -1.52. The maximum Gasteiger partial charge on any atom is 0.362 e. The Kier molecular flexibility index (Phi) is 36.4. The van der Waals surface area contributed by atoms with E-state index in [9.17, 15) is 19.5 Å². The van der Waals surface area contributed by atoms with Gasteiger partial charge in [-0.3, -0.25) is 9.59 Å². The lowest BCUT2D eigenvalue weighted by Crippen LogP contribution is -2.50. The van der Waals surface area contributed by atoms with E-state index in [1.165, 1.54) is 32.1 Å². The first-order valence-electron chi connectivity index (χ1n) is 22.0. The lowest BCUT2D eigenvalue weighted by molar-refractivity contribution is -0.887. The van der Waals surface area contributed by atoms with Crippen LogP contribution in [0.15, 0.2) is 72.9 Å². The first-order chi connectivity index (χ1) is 27.1. The van der Waals surface area contributed by atoms with Crippen LogP contribution in [0.5, 0.6) is 0 Å². The van der Waals surface area contributed by atoms with Crippen molar-refractivity contribution in [2.45, 2.75) is 174 Å². The van der Waals surface area contributed by atoms with Gasteiger partial charge in [0.1, 0.15) is 6.61 Å². The third-order valence-corrected chi connectivity index (χ3v) is 9.34. The number of esters is 2. The summed E-state index contributed by atoms with van der Waals surface area (Å²) in [6, 6.07) is -0.622. The molecule has 320 valence electrons. The number of allylic oxidation sites excluding steroid dienone is 12. The van der Waals surface area contributed by atoms with Crippen molar-refractivity contribution in [1.82, 2.24) is 0 Å². The molecule has 0 heterocycles. The molecule has 0 radical (unpaired) electrons. The quantitative estimate of drug-likeness (QED) is 0.0288. The van der Waals surface area contributed by atoms with Crippen LogP contribution in [0.25, 0.3) is 0 Å². The summed E-state index contributed by atoms with van der Waals surface area (Å²) >= 11 is 0. The van der Waals surface area contributed by atoms with Gasteiger partial charge in [0.2, 0.25) is 0 Å². The van der Waals surface area contributed by atoms with Gasteiger partial charge < -0.3 is 23.8 Å². The van der Waals surface area contributed by atoms with Crippen molar-refractivity contribution in [2.75, 3.05) is 41.0 Å². The third kappa shape index (κ3) is 36.4. The van der Waals surface area contributed by atoms with Crippen LogP contribution in [0.4, 0.5) is 0 Å². The molecule has 0 saturated heterocycles. The number of carbonyl (C=O) groups is 3. The fourth-order valence-electron chi connectivity index (χ4n) is 5.93. The van der Waals surface area contributed by atoms with Gasteiger partial charge in [-0.2, -0.15) is 0 Å². The molecule has 2 atom stereocenters. The predicted molar refractivity (Wildman–Crippen MR) is 233 cm³/mol. The highest BCUT2D eigenvalue weighted by molar-refractivity contribution is 5.72. The molecule has 0 aliphatic heterocycles. The molecule has 0 spiro atoms. The minimum atomic E-state index is -0.883. The van der Waals surface area contributed by atoms with Crippen LogP contribution in [0.2, 0.25) is 0 Å². The van der Waals surface area contributed by atoms with Crippen molar-refractivity contribution in [3.63, 3.8) is 0 Å². The molecule has 0 amide bonds. The topological polar surface area (TPSA) is 99.1 Å². The number of carboxylic acids is 1. The number of likely N-dealkylation sites (N-methyl/N-ethyl adjacent to an activating group) is 1. The van der Waals surface area contributed by atoms with Crippen LogP contribution < -0.4 is 0 Å². The summed E-state index contributed by atoms with van der Waals surface area (Å²) in [7, 11) is 5.51. The van der Waals surface area contributed by atoms with E-state index >= 15 is 0 Å². The van der Waals surface area contributed by atoms with Crippen LogP contribution in [-0.2, 0) is 28.6 Å². The predicted octanol–water partition coefficient (Wildman–Crippen LogP) is 12.0. The Morgan fingerprint density at radius 1 is 0.554 bits per heavy atom. The summed E-state index contributed by atoms with van der Waals surface area (Å²) in [6.45, 7) is 4.54. The zero-order valence-corrected chi connectivity index (χ0v) is 36.3. The summed E-state index contributed by atoms with van der Waals surface area (Å²) in [5, 5.41) is 9.61. The molecule has 0 aromatic heterocycles. The van der Waals surface area contributed by atoms with E-state index < -0.39 is 18.1 Å². The van der Waals surface area contributed by atoms with Crippen molar-refractivity contribution in [3.05, 3.63) is 72.9 Å². The second-order valence-electron chi connectivity index (χ2n) is 15.6. The fraction of sp³-hybridized carbons (Fsp3) is 0.688. The number of aliphatic carboxylic acids is 1. The van der Waals surface area contributed by atoms with Crippen LogP contribution in [-0.4, -0.2) is 80.6 Å². The smallest absolute Gasteiger partial charge is 0.362 e. The van der Waals surface area contributed by atoms with Crippen LogP contribution in [0.3, 0.4) is 0 Å². The number of carboxylic acid groups (broad SMARTS) is 1. The van der Waals surface area contributed by atoms with Gasteiger partial charge in [0.05, 0.1) is 34.4 Å². The Bertz CT molecular complexity index is 1140. The highest BCUT2D eigenvalue weighted by atomic mass is 16.6. The number of hydrogen-bond acceptors (Lipinski definition) is 6. The average Bonchev–Trinajstić information content (AvgIpc) is 3.15.